The molecule has 192 valence electrons. The van der Waals surface area contributed by atoms with Crippen LogP contribution < -0.4 is 11.3 Å². The Morgan fingerprint density at radius 2 is 1.91 bits per heavy atom. The summed E-state index contributed by atoms with van der Waals surface area (Å²) in [5.41, 5.74) is 1.94. The molecule has 0 saturated carbocycles. The molecule has 2 unspecified atom stereocenters. The summed E-state index contributed by atoms with van der Waals surface area (Å²) >= 11 is 5.78. The molecular formula is C11H16ClFN5O13P3. The number of fused-ring (bicyclic) bond motifs is 1. The van der Waals surface area contributed by atoms with Crippen molar-refractivity contribution in [3.05, 3.63) is 16.7 Å². The van der Waals surface area contributed by atoms with Gasteiger partial charge in [0.2, 0.25) is 5.95 Å². The summed E-state index contributed by atoms with van der Waals surface area (Å²) in [6.07, 6.45) is -5.25. The molecule has 1 aliphatic rings. The van der Waals surface area contributed by atoms with Crippen molar-refractivity contribution in [2.24, 2.45) is 0 Å². The lowest BCUT2D eigenvalue weighted by Crippen LogP contribution is -2.47. The zero-order chi connectivity index (χ0) is 25.7. The van der Waals surface area contributed by atoms with Gasteiger partial charge in [-0.25, -0.2) is 23.1 Å². The SMILES string of the molecule is Nc1nc2c(ncn2[C@@H]2O[C@](CCl)(COP(=O)(O)OP(=O)(O)OP(=O)(O)O)[C@H](O)[C@@H]2F)c(=O)[nH]1. The van der Waals surface area contributed by atoms with Gasteiger partial charge in [-0.3, -0.25) is 18.9 Å². The number of aromatic nitrogens is 4. The van der Waals surface area contributed by atoms with Crippen molar-refractivity contribution in [3.8, 4) is 0 Å². The van der Waals surface area contributed by atoms with E-state index < -0.39 is 65.6 Å². The Morgan fingerprint density at radius 3 is 2.50 bits per heavy atom. The first-order valence-electron chi connectivity index (χ1n) is 8.56. The van der Waals surface area contributed by atoms with E-state index in [1.54, 1.807) is 0 Å². The van der Waals surface area contributed by atoms with Gasteiger partial charge in [-0.05, 0) is 0 Å². The molecule has 0 spiro atoms. The molecule has 34 heavy (non-hydrogen) atoms. The zero-order valence-electron chi connectivity index (χ0n) is 16.2. The fourth-order valence-corrected chi connectivity index (χ4v) is 6.30. The number of halogens is 2. The maximum absolute atomic E-state index is 15.0. The molecule has 1 saturated heterocycles. The fraction of sp³-hybridized carbons (Fsp3) is 0.545. The Morgan fingerprint density at radius 1 is 1.26 bits per heavy atom. The van der Waals surface area contributed by atoms with E-state index >= 15 is 0 Å². The molecular weight excluding hydrogens is 558 g/mol. The number of nitrogens with zero attached hydrogens (tertiary/aromatic N) is 3. The second-order valence-corrected chi connectivity index (χ2v) is 11.4. The van der Waals surface area contributed by atoms with E-state index in [1.165, 1.54) is 0 Å². The largest absolute Gasteiger partial charge is 0.490 e. The lowest BCUT2D eigenvalue weighted by molar-refractivity contribution is -0.111. The Hall–Kier alpha value is -1.30. The number of imidazole rings is 1. The Balaban J connectivity index is 1.83. The number of phosphoric acid groups is 3. The van der Waals surface area contributed by atoms with E-state index in [-0.39, 0.29) is 17.1 Å². The first-order chi connectivity index (χ1) is 15.5. The number of nitrogen functional groups attached to an aromatic ring is 1. The first kappa shape index (κ1) is 27.3. The number of hydrogen-bond acceptors (Lipinski definition) is 12. The summed E-state index contributed by atoms with van der Waals surface area (Å²) in [5.74, 6) is -1.12. The first-order valence-corrected chi connectivity index (χ1v) is 13.6. The number of alkyl halides is 2. The average Bonchev–Trinajstić information content (AvgIpc) is 3.18. The van der Waals surface area contributed by atoms with E-state index in [9.17, 15) is 37.8 Å². The van der Waals surface area contributed by atoms with E-state index in [4.69, 9.17) is 31.9 Å². The number of H-pyrrole nitrogens is 1. The number of anilines is 1. The number of ether oxygens (including phenoxy) is 1. The number of phosphoric ester groups is 1. The van der Waals surface area contributed by atoms with Crippen LogP contribution in [0, 0.1) is 0 Å². The predicted molar refractivity (Wildman–Crippen MR) is 107 cm³/mol. The van der Waals surface area contributed by atoms with Crippen LogP contribution >= 0.6 is 35.1 Å². The molecule has 2 aromatic rings. The minimum Gasteiger partial charge on any atom is -0.387 e. The lowest BCUT2D eigenvalue weighted by atomic mass is 9.99. The standard InChI is InChI=1S/C11H16ClFN5O13P3/c12-1-11(2-28-33(24,25)31-34(26,27)30-32(21,22)23)6(19)4(13)9(29-11)18-3-15-5-7(18)16-10(14)17-8(5)20/h3-4,6,9,19H,1-2H2,(H,24,25)(H,26,27)(H2,21,22,23)(H3,14,16,17,20)/t4-,6+,9+,11+/m0/s1. The number of nitrogens with one attached hydrogen (secondary N) is 1. The van der Waals surface area contributed by atoms with E-state index in [0.717, 1.165) is 10.9 Å². The van der Waals surface area contributed by atoms with E-state index in [2.05, 4.69) is 28.1 Å². The van der Waals surface area contributed by atoms with Crippen LogP contribution in [-0.4, -0.2) is 74.6 Å². The van der Waals surface area contributed by atoms with E-state index in [1.807, 2.05) is 0 Å². The van der Waals surface area contributed by atoms with Gasteiger partial charge < -0.3 is 35.2 Å². The van der Waals surface area contributed by atoms with Gasteiger partial charge >= 0.3 is 23.5 Å². The summed E-state index contributed by atoms with van der Waals surface area (Å²) in [5, 5.41) is 10.4. The van der Waals surface area contributed by atoms with Gasteiger partial charge in [0.15, 0.2) is 23.6 Å². The van der Waals surface area contributed by atoms with Crippen molar-refractivity contribution in [2.75, 3.05) is 18.2 Å². The third kappa shape index (κ3) is 5.74. The molecule has 0 aliphatic carbocycles. The molecule has 3 rings (SSSR count). The second kappa shape index (κ2) is 9.29. The number of aromatic amines is 1. The molecule has 3 heterocycles. The van der Waals surface area contributed by atoms with Crippen molar-refractivity contribution < 1.29 is 60.6 Å². The zero-order valence-corrected chi connectivity index (χ0v) is 19.7. The maximum Gasteiger partial charge on any atom is 0.490 e. The molecule has 1 fully saturated rings. The van der Waals surface area contributed by atoms with Gasteiger partial charge in [-0.2, -0.15) is 13.6 Å². The quantitative estimate of drug-likeness (QED) is 0.143. The molecule has 6 atom stereocenters. The van der Waals surface area contributed by atoms with Crippen LogP contribution in [0.2, 0.25) is 0 Å². The number of rotatable bonds is 9. The van der Waals surface area contributed by atoms with Gasteiger partial charge in [0.05, 0.1) is 18.8 Å². The van der Waals surface area contributed by atoms with Crippen molar-refractivity contribution in [1.29, 1.82) is 0 Å². The highest BCUT2D eigenvalue weighted by Gasteiger charge is 2.57. The van der Waals surface area contributed by atoms with Crippen LogP contribution in [0.5, 0.6) is 0 Å². The molecule has 23 heteroatoms. The summed E-state index contributed by atoms with van der Waals surface area (Å²) < 4.78 is 67.0. The fourth-order valence-electron chi connectivity index (χ4n) is 2.92. The van der Waals surface area contributed by atoms with Crippen molar-refractivity contribution in [1.82, 2.24) is 19.5 Å². The highest BCUT2D eigenvalue weighted by Crippen LogP contribution is 2.66. The van der Waals surface area contributed by atoms with Crippen molar-refractivity contribution in [3.63, 3.8) is 0 Å². The highest BCUT2D eigenvalue weighted by molar-refractivity contribution is 7.66. The third-order valence-corrected chi connectivity index (χ3v) is 8.54. The van der Waals surface area contributed by atoms with Crippen molar-refractivity contribution >= 4 is 52.2 Å². The van der Waals surface area contributed by atoms with Crippen LogP contribution in [0.3, 0.4) is 0 Å². The molecule has 18 nitrogen and oxygen atoms in total. The van der Waals surface area contributed by atoms with Gasteiger partial charge in [-0.15, -0.1) is 11.6 Å². The molecule has 2 aromatic heterocycles. The number of nitrogens with two attached hydrogens (primary N) is 1. The Labute approximate surface area is 191 Å². The summed E-state index contributed by atoms with van der Waals surface area (Å²) in [4.78, 5) is 57.5. The van der Waals surface area contributed by atoms with Crippen LogP contribution in [0.25, 0.3) is 11.2 Å². The molecule has 0 aromatic carbocycles. The third-order valence-electron chi connectivity index (χ3n) is 4.31. The van der Waals surface area contributed by atoms with Gasteiger partial charge in [-0.1, -0.05) is 0 Å². The summed E-state index contributed by atoms with van der Waals surface area (Å²) in [6, 6.07) is 0. The predicted octanol–water partition coefficient (Wildman–Crippen LogP) is -0.750. The minimum atomic E-state index is -5.82. The normalized spacial score (nSPS) is 29.2. The van der Waals surface area contributed by atoms with Gasteiger partial charge in [0.25, 0.3) is 5.56 Å². The Kier molecular flexibility index (Phi) is 7.46. The number of hydrogen-bond donors (Lipinski definition) is 7. The van der Waals surface area contributed by atoms with Crippen molar-refractivity contribution in [2.45, 2.75) is 24.1 Å². The molecule has 0 bridgehead atoms. The Bertz CT molecular complexity index is 1280. The monoisotopic (exact) mass is 573 g/mol. The van der Waals surface area contributed by atoms with Gasteiger partial charge in [0.1, 0.15) is 11.7 Å². The van der Waals surface area contributed by atoms with Gasteiger partial charge in [0, 0.05) is 0 Å². The van der Waals surface area contributed by atoms with E-state index in [0.29, 0.717) is 0 Å². The smallest absolute Gasteiger partial charge is 0.387 e. The topological polar surface area (TPSA) is 279 Å². The lowest BCUT2D eigenvalue weighted by Gasteiger charge is -2.29. The highest BCUT2D eigenvalue weighted by atomic mass is 35.5. The summed E-state index contributed by atoms with van der Waals surface area (Å²) in [7, 11) is -17.1. The number of aliphatic hydroxyl groups excluding tert-OH is 1. The van der Waals surface area contributed by atoms with Crippen LogP contribution in [0.15, 0.2) is 11.1 Å². The number of aliphatic hydroxyl groups is 1. The maximum atomic E-state index is 15.0. The minimum absolute atomic E-state index is 0.237. The van der Waals surface area contributed by atoms with Crippen LogP contribution in [-0.2, 0) is 31.6 Å². The molecule has 0 radical (unpaired) electrons. The van der Waals surface area contributed by atoms with Crippen LogP contribution in [0.4, 0.5) is 10.3 Å². The average molecular weight is 574 g/mol. The molecule has 1 aliphatic heterocycles. The molecule has 8 N–H and O–H groups in total. The summed E-state index contributed by atoms with van der Waals surface area (Å²) in [6.45, 7) is -1.24. The van der Waals surface area contributed by atoms with Crippen LogP contribution in [0.1, 0.15) is 6.23 Å². The second-order valence-electron chi connectivity index (χ2n) is 6.74. The molecule has 0 amide bonds.